The van der Waals surface area contributed by atoms with Crippen molar-refractivity contribution in [3.8, 4) is 0 Å². The average molecular weight is 400 g/mol. The molecule has 5 nitrogen and oxygen atoms in total. The van der Waals surface area contributed by atoms with Crippen LogP contribution < -0.4 is 0 Å². The molecule has 1 amide bonds. The number of amides is 1. The summed E-state index contributed by atoms with van der Waals surface area (Å²) in [5, 5.41) is 20.9. The van der Waals surface area contributed by atoms with E-state index in [9.17, 15) is 15.0 Å². The highest BCUT2D eigenvalue weighted by atomic mass is 79.9. The zero-order chi connectivity index (χ0) is 18.0. The second kappa shape index (κ2) is 7.42. The van der Waals surface area contributed by atoms with Crippen LogP contribution in [-0.2, 0) is 10.3 Å². The summed E-state index contributed by atoms with van der Waals surface area (Å²) < 4.78 is 6.40. The van der Waals surface area contributed by atoms with Crippen LogP contribution in [0.2, 0.25) is 0 Å². The molecule has 1 saturated heterocycles. The molecule has 0 radical (unpaired) electrons. The second-order valence-corrected chi connectivity index (χ2v) is 8.15. The Labute approximate surface area is 151 Å². The van der Waals surface area contributed by atoms with Crippen LogP contribution >= 0.6 is 15.9 Å². The fraction of sp³-hybridized carbons (Fsp3) is 0.611. The van der Waals surface area contributed by atoms with Gasteiger partial charge in [0.25, 0.3) is 0 Å². The summed E-state index contributed by atoms with van der Waals surface area (Å²) in [7, 11) is 0. The average Bonchev–Trinajstić information content (AvgIpc) is 2.96. The molecule has 2 rings (SSSR count). The number of benzene rings is 1. The van der Waals surface area contributed by atoms with Crippen molar-refractivity contribution in [1.82, 2.24) is 4.90 Å². The van der Waals surface area contributed by atoms with Gasteiger partial charge < -0.3 is 19.8 Å². The molecule has 1 aliphatic heterocycles. The van der Waals surface area contributed by atoms with E-state index in [0.29, 0.717) is 18.5 Å². The van der Waals surface area contributed by atoms with Crippen molar-refractivity contribution in [1.29, 1.82) is 0 Å². The van der Waals surface area contributed by atoms with E-state index >= 15 is 0 Å². The van der Waals surface area contributed by atoms with Crippen LogP contribution in [0, 0.1) is 0 Å². The molecule has 2 atom stereocenters. The standard InChI is InChI=1S/C18H26BrNO4/c1-17(2,3)24-16(22)20-11-4-5-15(20)18(23,10-12-21)13-6-8-14(19)9-7-13/h6-9,15,21,23H,4-5,10-12H2,1-3H3/t15-,18+/m0/s1. The molecule has 134 valence electrons. The molecule has 1 aromatic rings. The lowest BCUT2D eigenvalue weighted by atomic mass is 9.82. The molecule has 24 heavy (non-hydrogen) atoms. The largest absolute Gasteiger partial charge is 0.444 e. The molecular formula is C18H26BrNO4. The number of carbonyl (C=O) groups is 1. The van der Waals surface area contributed by atoms with Crippen molar-refractivity contribution >= 4 is 22.0 Å². The molecule has 1 aromatic carbocycles. The Hall–Kier alpha value is -1.11. The van der Waals surface area contributed by atoms with Crippen LogP contribution in [0.4, 0.5) is 4.79 Å². The topological polar surface area (TPSA) is 70.0 Å². The van der Waals surface area contributed by atoms with Gasteiger partial charge >= 0.3 is 6.09 Å². The lowest BCUT2D eigenvalue weighted by molar-refractivity contribution is -0.0609. The van der Waals surface area contributed by atoms with Gasteiger partial charge in [-0.15, -0.1) is 0 Å². The second-order valence-electron chi connectivity index (χ2n) is 7.24. The third-order valence-electron chi connectivity index (χ3n) is 4.27. The number of carbonyl (C=O) groups excluding carboxylic acids is 1. The van der Waals surface area contributed by atoms with E-state index in [1.54, 1.807) is 4.90 Å². The monoisotopic (exact) mass is 399 g/mol. The fourth-order valence-electron chi connectivity index (χ4n) is 3.21. The Morgan fingerprint density at radius 2 is 1.96 bits per heavy atom. The molecule has 0 saturated carbocycles. The third kappa shape index (κ3) is 4.29. The van der Waals surface area contributed by atoms with E-state index in [4.69, 9.17) is 4.74 Å². The first kappa shape index (κ1) is 19.2. The predicted molar refractivity (Wildman–Crippen MR) is 95.7 cm³/mol. The van der Waals surface area contributed by atoms with E-state index in [2.05, 4.69) is 15.9 Å². The maximum absolute atomic E-state index is 12.5. The Morgan fingerprint density at radius 1 is 1.33 bits per heavy atom. The first-order chi connectivity index (χ1) is 11.2. The van der Waals surface area contributed by atoms with Gasteiger partial charge in [0, 0.05) is 24.0 Å². The van der Waals surface area contributed by atoms with Gasteiger partial charge in [0.1, 0.15) is 11.2 Å². The van der Waals surface area contributed by atoms with Crippen molar-refractivity contribution < 1.29 is 19.7 Å². The molecule has 6 heteroatoms. The van der Waals surface area contributed by atoms with Gasteiger partial charge in [0.15, 0.2) is 0 Å². The van der Waals surface area contributed by atoms with Crippen LogP contribution in [0.15, 0.2) is 28.7 Å². The maximum Gasteiger partial charge on any atom is 0.410 e. The lowest BCUT2D eigenvalue weighted by Gasteiger charge is -2.39. The Balaban J connectivity index is 2.31. The minimum absolute atomic E-state index is 0.161. The molecule has 0 aliphatic carbocycles. The van der Waals surface area contributed by atoms with Crippen LogP contribution in [0.3, 0.4) is 0 Å². The minimum atomic E-state index is -1.30. The summed E-state index contributed by atoms with van der Waals surface area (Å²) in [6, 6.07) is 6.94. The highest BCUT2D eigenvalue weighted by Crippen LogP contribution is 2.38. The van der Waals surface area contributed by atoms with Gasteiger partial charge in [0.2, 0.25) is 0 Å². The molecular weight excluding hydrogens is 374 g/mol. The van der Waals surface area contributed by atoms with Crippen molar-refractivity contribution in [3.05, 3.63) is 34.3 Å². The number of hydrogen-bond acceptors (Lipinski definition) is 4. The number of ether oxygens (including phenoxy) is 1. The summed E-state index contributed by atoms with van der Waals surface area (Å²) >= 11 is 3.39. The van der Waals surface area contributed by atoms with E-state index in [1.165, 1.54) is 0 Å². The Kier molecular flexibility index (Phi) is 5.94. The van der Waals surface area contributed by atoms with Gasteiger partial charge in [-0.05, 0) is 51.3 Å². The van der Waals surface area contributed by atoms with E-state index in [-0.39, 0.29) is 13.0 Å². The van der Waals surface area contributed by atoms with Crippen molar-refractivity contribution in [2.75, 3.05) is 13.2 Å². The maximum atomic E-state index is 12.5. The summed E-state index contributed by atoms with van der Waals surface area (Å²) in [5.41, 5.74) is -1.19. The first-order valence-corrected chi connectivity index (χ1v) is 9.05. The Morgan fingerprint density at radius 3 is 2.50 bits per heavy atom. The Bertz CT molecular complexity index is 569. The van der Waals surface area contributed by atoms with Crippen LogP contribution in [0.1, 0.15) is 45.6 Å². The smallest absolute Gasteiger partial charge is 0.410 e. The van der Waals surface area contributed by atoms with Crippen LogP contribution in [0.25, 0.3) is 0 Å². The third-order valence-corrected chi connectivity index (χ3v) is 4.80. The van der Waals surface area contributed by atoms with Gasteiger partial charge in [-0.2, -0.15) is 0 Å². The van der Waals surface area contributed by atoms with E-state index < -0.39 is 23.3 Å². The lowest BCUT2D eigenvalue weighted by Crippen LogP contribution is -2.51. The molecule has 1 heterocycles. The summed E-state index contributed by atoms with van der Waals surface area (Å²) in [5.74, 6) is 0. The van der Waals surface area contributed by atoms with E-state index in [0.717, 1.165) is 10.9 Å². The number of nitrogens with zero attached hydrogens (tertiary/aromatic N) is 1. The van der Waals surface area contributed by atoms with Crippen molar-refractivity contribution in [2.24, 2.45) is 0 Å². The van der Waals surface area contributed by atoms with Crippen LogP contribution in [0.5, 0.6) is 0 Å². The quantitative estimate of drug-likeness (QED) is 0.813. The first-order valence-electron chi connectivity index (χ1n) is 8.26. The number of aliphatic hydroxyl groups excluding tert-OH is 1. The molecule has 0 unspecified atom stereocenters. The number of halogens is 1. The van der Waals surface area contributed by atoms with Gasteiger partial charge in [-0.25, -0.2) is 4.79 Å². The number of likely N-dealkylation sites (tertiary alicyclic amines) is 1. The molecule has 1 fully saturated rings. The number of rotatable bonds is 4. The zero-order valence-electron chi connectivity index (χ0n) is 14.5. The van der Waals surface area contributed by atoms with Gasteiger partial charge in [0.05, 0.1) is 6.04 Å². The highest BCUT2D eigenvalue weighted by molar-refractivity contribution is 9.10. The molecule has 0 bridgehead atoms. The summed E-state index contributed by atoms with van der Waals surface area (Å²) in [6.07, 6.45) is 1.22. The van der Waals surface area contributed by atoms with Crippen molar-refractivity contribution in [2.45, 2.75) is 57.3 Å². The molecule has 0 spiro atoms. The van der Waals surface area contributed by atoms with Gasteiger partial charge in [-0.1, -0.05) is 28.1 Å². The highest BCUT2D eigenvalue weighted by Gasteiger charge is 2.46. The van der Waals surface area contributed by atoms with Crippen molar-refractivity contribution in [3.63, 3.8) is 0 Å². The molecule has 1 aliphatic rings. The SMILES string of the molecule is CC(C)(C)OC(=O)N1CCC[C@H]1[C@@](O)(CCO)c1ccc(Br)cc1. The minimum Gasteiger partial charge on any atom is -0.444 e. The zero-order valence-corrected chi connectivity index (χ0v) is 16.0. The van der Waals surface area contributed by atoms with E-state index in [1.807, 2.05) is 45.0 Å². The number of aliphatic hydroxyl groups is 2. The fourth-order valence-corrected chi connectivity index (χ4v) is 3.48. The predicted octanol–water partition coefficient (Wildman–Crippen LogP) is 3.42. The summed E-state index contributed by atoms with van der Waals surface area (Å²) in [6.45, 7) is 5.86. The summed E-state index contributed by atoms with van der Waals surface area (Å²) in [4.78, 5) is 14.1. The normalized spacial score (nSPS) is 20.8. The van der Waals surface area contributed by atoms with Gasteiger partial charge in [-0.3, -0.25) is 0 Å². The molecule has 0 aromatic heterocycles. The molecule has 2 N–H and O–H groups in total. The van der Waals surface area contributed by atoms with Crippen LogP contribution in [-0.4, -0.2) is 46.0 Å². The number of hydrogen-bond donors (Lipinski definition) is 2.